The van der Waals surface area contributed by atoms with Crippen molar-refractivity contribution in [1.82, 2.24) is 9.21 Å². The van der Waals surface area contributed by atoms with Crippen LogP contribution in [0.1, 0.15) is 34.8 Å². The summed E-state index contributed by atoms with van der Waals surface area (Å²) in [6, 6.07) is 10.2. The van der Waals surface area contributed by atoms with Gasteiger partial charge in [0.1, 0.15) is 5.75 Å². The Kier molecular flexibility index (Phi) is 5.96. The summed E-state index contributed by atoms with van der Waals surface area (Å²) in [6.07, 6.45) is -0.0519. The number of fused-ring (bicyclic) bond motifs is 1. The van der Waals surface area contributed by atoms with Crippen molar-refractivity contribution in [3.63, 3.8) is 0 Å². The van der Waals surface area contributed by atoms with Crippen LogP contribution < -0.4 is 10.1 Å². The van der Waals surface area contributed by atoms with Gasteiger partial charge in [0.05, 0.1) is 10.6 Å². The van der Waals surface area contributed by atoms with Gasteiger partial charge < -0.3 is 15.0 Å². The number of ether oxygens (including phenoxy) is 1. The zero-order valence-electron chi connectivity index (χ0n) is 18.4. The zero-order valence-corrected chi connectivity index (χ0v) is 19.2. The molecule has 1 unspecified atom stereocenters. The quantitative estimate of drug-likeness (QED) is 0.761. The molecule has 9 heteroatoms. The predicted octanol–water partition coefficient (Wildman–Crippen LogP) is 2.56. The van der Waals surface area contributed by atoms with Crippen molar-refractivity contribution < 1.29 is 22.7 Å². The highest BCUT2D eigenvalue weighted by atomic mass is 32.2. The molecular formula is C23H27N3O5S. The summed E-state index contributed by atoms with van der Waals surface area (Å²) in [7, 11) is -3.77. The van der Waals surface area contributed by atoms with E-state index in [1.165, 1.54) is 16.4 Å². The third-order valence-electron chi connectivity index (χ3n) is 5.77. The van der Waals surface area contributed by atoms with Crippen LogP contribution in [0.25, 0.3) is 0 Å². The van der Waals surface area contributed by atoms with Gasteiger partial charge in [-0.2, -0.15) is 4.31 Å². The van der Waals surface area contributed by atoms with Crippen LogP contribution in [0.3, 0.4) is 0 Å². The van der Waals surface area contributed by atoms with E-state index in [0.717, 1.165) is 11.1 Å². The maximum atomic E-state index is 13.2. The molecule has 1 N–H and O–H groups in total. The fourth-order valence-corrected chi connectivity index (χ4v) is 5.57. The average molecular weight is 458 g/mol. The summed E-state index contributed by atoms with van der Waals surface area (Å²) in [4.78, 5) is 26.7. The molecular weight excluding hydrogens is 430 g/mol. The van der Waals surface area contributed by atoms with Crippen LogP contribution in [0.15, 0.2) is 41.3 Å². The van der Waals surface area contributed by atoms with Crippen LogP contribution >= 0.6 is 0 Å². The van der Waals surface area contributed by atoms with Crippen LogP contribution in [0.2, 0.25) is 0 Å². The SMILES string of the molecule is CCC1Oc2ccc(S(=O)(=O)N3CCN(C(=O)c4cc(C)cc(C)c4)CC3)cc2NC1=O. The van der Waals surface area contributed by atoms with E-state index in [0.29, 0.717) is 36.5 Å². The molecule has 1 fully saturated rings. The Hall–Kier alpha value is -2.91. The van der Waals surface area contributed by atoms with Gasteiger partial charge in [-0.25, -0.2) is 8.42 Å². The number of hydrogen-bond donors (Lipinski definition) is 1. The van der Waals surface area contributed by atoms with Crippen molar-refractivity contribution in [3.05, 3.63) is 53.1 Å². The average Bonchev–Trinajstić information content (AvgIpc) is 2.77. The van der Waals surface area contributed by atoms with Crippen LogP contribution in [0.4, 0.5) is 5.69 Å². The molecule has 2 aliphatic heterocycles. The second-order valence-corrected chi connectivity index (χ2v) is 10.2. The van der Waals surface area contributed by atoms with E-state index < -0.39 is 16.1 Å². The third-order valence-corrected chi connectivity index (χ3v) is 7.67. The molecule has 4 rings (SSSR count). The van der Waals surface area contributed by atoms with Crippen LogP contribution in [-0.4, -0.2) is 61.7 Å². The van der Waals surface area contributed by atoms with E-state index in [4.69, 9.17) is 4.74 Å². The van der Waals surface area contributed by atoms with E-state index in [-0.39, 0.29) is 29.8 Å². The Morgan fingerprint density at radius 3 is 2.34 bits per heavy atom. The highest BCUT2D eigenvalue weighted by molar-refractivity contribution is 7.89. The Labute approximate surface area is 188 Å². The molecule has 2 heterocycles. The lowest BCUT2D eigenvalue weighted by Gasteiger charge is -2.34. The van der Waals surface area contributed by atoms with E-state index in [9.17, 15) is 18.0 Å². The molecule has 0 saturated carbocycles. The van der Waals surface area contributed by atoms with Gasteiger partial charge >= 0.3 is 0 Å². The second kappa shape index (κ2) is 8.55. The number of carbonyl (C=O) groups is 2. The summed E-state index contributed by atoms with van der Waals surface area (Å²) in [5.74, 6) is 0.0836. The number of nitrogens with one attached hydrogen (secondary N) is 1. The minimum Gasteiger partial charge on any atom is -0.478 e. The smallest absolute Gasteiger partial charge is 0.265 e. The van der Waals surface area contributed by atoms with Gasteiger partial charge in [0, 0.05) is 31.7 Å². The van der Waals surface area contributed by atoms with Gasteiger partial charge in [0.15, 0.2) is 6.10 Å². The number of carbonyl (C=O) groups excluding carboxylic acids is 2. The van der Waals surface area contributed by atoms with Crippen molar-refractivity contribution in [2.75, 3.05) is 31.5 Å². The van der Waals surface area contributed by atoms with Crippen LogP contribution in [0, 0.1) is 13.8 Å². The molecule has 2 aliphatic rings. The molecule has 8 nitrogen and oxygen atoms in total. The normalized spacial score (nSPS) is 19.2. The summed E-state index contributed by atoms with van der Waals surface area (Å²) >= 11 is 0. The number of amides is 2. The standard InChI is InChI=1S/C23H27N3O5S/c1-4-20-22(27)24-19-14-18(5-6-21(19)31-20)32(29,30)26-9-7-25(8-10-26)23(28)17-12-15(2)11-16(3)13-17/h5-6,11-14,20H,4,7-10H2,1-3H3,(H,24,27). The van der Waals surface area contributed by atoms with E-state index in [1.54, 1.807) is 11.0 Å². The fraction of sp³-hybridized carbons (Fsp3) is 0.391. The predicted molar refractivity (Wildman–Crippen MR) is 120 cm³/mol. The van der Waals surface area contributed by atoms with Gasteiger partial charge in [-0.1, -0.05) is 24.1 Å². The minimum atomic E-state index is -3.77. The first-order valence-corrected chi connectivity index (χ1v) is 12.1. The number of anilines is 1. The second-order valence-electron chi connectivity index (χ2n) is 8.23. The van der Waals surface area contributed by atoms with Gasteiger partial charge in [0.2, 0.25) is 10.0 Å². The maximum absolute atomic E-state index is 13.2. The lowest BCUT2D eigenvalue weighted by molar-refractivity contribution is -0.123. The van der Waals surface area contributed by atoms with E-state index >= 15 is 0 Å². The van der Waals surface area contributed by atoms with Crippen LogP contribution in [-0.2, 0) is 14.8 Å². The van der Waals surface area contributed by atoms with Crippen molar-refractivity contribution in [2.45, 2.75) is 38.2 Å². The monoisotopic (exact) mass is 457 g/mol. The van der Waals surface area contributed by atoms with Gasteiger partial charge in [0.25, 0.3) is 11.8 Å². The summed E-state index contributed by atoms with van der Waals surface area (Å²) in [5, 5.41) is 2.73. The Balaban J connectivity index is 1.47. The zero-order chi connectivity index (χ0) is 23.0. The first-order valence-electron chi connectivity index (χ1n) is 10.7. The number of nitrogens with zero attached hydrogens (tertiary/aromatic N) is 2. The number of piperazine rings is 1. The molecule has 1 atom stereocenters. The molecule has 32 heavy (non-hydrogen) atoms. The van der Waals surface area contributed by atoms with Crippen molar-refractivity contribution >= 4 is 27.5 Å². The number of benzene rings is 2. The molecule has 0 bridgehead atoms. The van der Waals surface area contributed by atoms with Crippen LogP contribution in [0.5, 0.6) is 5.75 Å². The number of hydrogen-bond acceptors (Lipinski definition) is 5. The van der Waals surface area contributed by atoms with Gasteiger partial charge in [-0.3, -0.25) is 9.59 Å². The first-order chi connectivity index (χ1) is 15.2. The van der Waals surface area contributed by atoms with Crippen molar-refractivity contribution in [2.24, 2.45) is 0 Å². The van der Waals surface area contributed by atoms with Crippen molar-refractivity contribution in [1.29, 1.82) is 0 Å². The third kappa shape index (κ3) is 4.22. The molecule has 0 spiro atoms. The molecule has 0 aliphatic carbocycles. The molecule has 0 radical (unpaired) electrons. The highest BCUT2D eigenvalue weighted by Crippen LogP contribution is 2.33. The summed E-state index contributed by atoms with van der Waals surface area (Å²) in [6.45, 7) is 6.78. The van der Waals surface area contributed by atoms with Gasteiger partial charge in [-0.15, -0.1) is 0 Å². The van der Waals surface area contributed by atoms with E-state index in [1.807, 2.05) is 39.0 Å². The first kappa shape index (κ1) is 22.3. The largest absolute Gasteiger partial charge is 0.478 e. The Morgan fingerprint density at radius 1 is 1.06 bits per heavy atom. The Bertz CT molecular complexity index is 1150. The fourth-order valence-electron chi connectivity index (χ4n) is 4.12. The molecule has 2 amide bonds. The minimum absolute atomic E-state index is 0.0872. The molecule has 170 valence electrons. The molecule has 2 aromatic carbocycles. The number of aryl methyl sites for hydroxylation is 2. The number of rotatable bonds is 4. The molecule has 1 saturated heterocycles. The summed E-state index contributed by atoms with van der Waals surface area (Å²) < 4.78 is 33.4. The molecule has 2 aromatic rings. The van der Waals surface area contributed by atoms with E-state index in [2.05, 4.69) is 5.32 Å². The maximum Gasteiger partial charge on any atom is 0.265 e. The lowest BCUT2D eigenvalue weighted by atomic mass is 10.1. The van der Waals surface area contributed by atoms with Crippen molar-refractivity contribution in [3.8, 4) is 5.75 Å². The lowest BCUT2D eigenvalue weighted by Crippen LogP contribution is -2.50. The topological polar surface area (TPSA) is 96.0 Å². The highest BCUT2D eigenvalue weighted by Gasteiger charge is 2.32. The Morgan fingerprint density at radius 2 is 1.72 bits per heavy atom. The van der Waals surface area contributed by atoms with Gasteiger partial charge in [-0.05, 0) is 50.6 Å². The molecule has 0 aromatic heterocycles. The number of sulfonamides is 1. The summed E-state index contributed by atoms with van der Waals surface area (Å²) in [5.41, 5.74) is 3.01.